The maximum absolute atomic E-state index is 11.9. The predicted octanol–water partition coefficient (Wildman–Crippen LogP) is 2.88. The summed E-state index contributed by atoms with van der Waals surface area (Å²) in [4.78, 5) is 15.4. The number of benzene rings is 1. The van der Waals surface area contributed by atoms with E-state index in [4.69, 9.17) is 0 Å². The maximum Gasteiger partial charge on any atom is 0.319 e. The second-order valence-electron chi connectivity index (χ2n) is 5.38. The number of halogens is 1. The van der Waals surface area contributed by atoms with Crippen LogP contribution in [-0.2, 0) is 0 Å². The number of anilines is 1. The Morgan fingerprint density at radius 3 is 2.67 bits per heavy atom. The zero-order valence-corrected chi connectivity index (χ0v) is 13.9. The molecule has 0 aromatic heterocycles. The summed E-state index contributed by atoms with van der Waals surface area (Å²) in [6, 6.07) is 8.22. The van der Waals surface area contributed by atoms with Gasteiger partial charge in [-0.1, -0.05) is 15.9 Å². The molecule has 1 aromatic rings. The molecule has 0 spiro atoms. The number of hydrogen-bond acceptors (Lipinski definition) is 3. The van der Waals surface area contributed by atoms with Gasteiger partial charge in [-0.05, 0) is 31.0 Å². The number of carbonyl (C=O) groups excluding carboxylic acids is 1. The number of nitriles is 1. The largest absolute Gasteiger partial charge is 0.381 e. The molecule has 2 amide bonds. The Morgan fingerprint density at radius 1 is 1.43 bits per heavy atom. The molecule has 21 heavy (non-hydrogen) atoms. The second-order valence-corrected chi connectivity index (χ2v) is 6.30. The molecular formula is C15H19BrN4O. The van der Waals surface area contributed by atoms with E-state index in [-0.39, 0.29) is 6.03 Å². The van der Waals surface area contributed by atoms with E-state index in [2.05, 4.69) is 27.3 Å². The number of piperidine rings is 1. The fourth-order valence-corrected chi connectivity index (χ4v) is 2.81. The molecule has 0 atom stereocenters. The van der Waals surface area contributed by atoms with E-state index in [1.165, 1.54) is 0 Å². The van der Waals surface area contributed by atoms with Crippen molar-refractivity contribution in [2.75, 3.05) is 32.5 Å². The van der Waals surface area contributed by atoms with Gasteiger partial charge in [0.15, 0.2) is 0 Å². The molecule has 1 N–H and O–H groups in total. The summed E-state index contributed by atoms with van der Waals surface area (Å²) >= 11 is 3.37. The van der Waals surface area contributed by atoms with Crippen LogP contribution in [0.25, 0.3) is 0 Å². The predicted molar refractivity (Wildman–Crippen MR) is 86.2 cm³/mol. The fourth-order valence-electron chi connectivity index (χ4n) is 2.45. The second kappa shape index (κ2) is 6.81. The van der Waals surface area contributed by atoms with Crippen LogP contribution in [0.5, 0.6) is 0 Å². The number of amides is 2. The molecule has 0 unspecified atom stereocenters. The average molecular weight is 351 g/mol. The molecule has 1 aliphatic rings. The van der Waals surface area contributed by atoms with Crippen molar-refractivity contribution >= 4 is 27.6 Å². The zero-order chi connectivity index (χ0) is 15.4. The van der Waals surface area contributed by atoms with Crippen molar-refractivity contribution in [1.29, 1.82) is 5.26 Å². The van der Waals surface area contributed by atoms with E-state index in [1.54, 1.807) is 19.0 Å². The number of carbonyl (C=O) groups is 1. The van der Waals surface area contributed by atoms with Crippen molar-refractivity contribution in [1.82, 2.24) is 9.80 Å². The van der Waals surface area contributed by atoms with E-state index < -0.39 is 0 Å². The third-order valence-corrected chi connectivity index (χ3v) is 4.10. The van der Waals surface area contributed by atoms with Gasteiger partial charge in [-0.3, -0.25) is 0 Å². The van der Waals surface area contributed by atoms with E-state index in [0.29, 0.717) is 11.6 Å². The van der Waals surface area contributed by atoms with Gasteiger partial charge < -0.3 is 15.1 Å². The summed E-state index contributed by atoms with van der Waals surface area (Å²) in [6.07, 6.45) is 1.78. The van der Waals surface area contributed by atoms with Gasteiger partial charge in [0.25, 0.3) is 0 Å². The molecule has 0 radical (unpaired) electrons. The van der Waals surface area contributed by atoms with Crippen LogP contribution in [0, 0.1) is 11.3 Å². The van der Waals surface area contributed by atoms with E-state index >= 15 is 0 Å². The highest BCUT2D eigenvalue weighted by molar-refractivity contribution is 9.10. The SMILES string of the molecule is CN(C)C(=O)N1CCC(Nc2ccc(Br)cc2C#N)CC1. The Hall–Kier alpha value is -1.74. The Labute approximate surface area is 133 Å². The van der Waals surface area contributed by atoms with Crippen LogP contribution < -0.4 is 5.32 Å². The summed E-state index contributed by atoms with van der Waals surface area (Å²) in [7, 11) is 3.54. The number of urea groups is 1. The third kappa shape index (κ3) is 3.88. The van der Waals surface area contributed by atoms with Gasteiger partial charge in [-0.15, -0.1) is 0 Å². The van der Waals surface area contributed by atoms with Crippen molar-refractivity contribution < 1.29 is 4.79 Å². The summed E-state index contributed by atoms with van der Waals surface area (Å²) < 4.78 is 0.899. The zero-order valence-electron chi connectivity index (χ0n) is 12.3. The Balaban J connectivity index is 1.95. The highest BCUT2D eigenvalue weighted by Gasteiger charge is 2.24. The fraction of sp³-hybridized carbons (Fsp3) is 0.467. The molecule has 1 fully saturated rings. The molecule has 1 heterocycles. The summed E-state index contributed by atoms with van der Waals surface area (Å²) in [6.45, 7) is 1.49. The molecule has 1 aliphatic heterocycles. The van der Waals surface area contributed by atoms with E-state index in [1.807, 2.05) is 23.1 Å². The lowest BCUT2D eigenvalue weighted by molar-refractivity contribution is 0.158. The minimum atomic E-state index is 0.0646. The van der Waals surface area contributed by atoms with Gasteiger partial charge in [0.2, 0.25) is 0 Å². The lowest BCUT2D eigenvalue weighted by Gasteiger charge is -2.34. The standard InChI is InChI=1S/C15H19BrN4O/c1-19(2)15(21)20-7-5-13(6-8-20)18-14-4-3-12(16)9-11(14)10-17/h3-4,9,13,18H,5-8H2,1-2H3. The number of rotatable bonds is 2. The molecule has 0 saturated carbocycles. The molecular weight excluding hydrogens is 332 g/mol. The van der Waals surface area contributed by atoms with Crippen molar-refractivity contribution in [3.05, 3.63) is 28.2 Å². The maximum atomic E-state index is 11.9. The Bertz CT molecular complexity index is 559. The van der Waals surface area contributed by atoms with E-state index in [9.17, 15) is 10.1 Å². The first-order valence-electron chi connectivity index (χ1n) is 6.93. The van der Waals surface area contributed by atoms with Gasteiger partial charge >= 0.3 is 6.03 Å². The van der Waals surface area contributed by atoms with Crippen LogP contribution in [0.2, 0.25) is 0 Å². The van der Waals surface area contributed by atoms with Crippen molar-refractivity contribution in [2.24, 2.45) is 0 Å². The Kier molecular flexibility index (Phi) is 5.07. The summed E-state index contributed by atoms with van der Waals surface area (Å²) in [5, 5.41) is 12.6. The third-order valence-electron chi connectivity index (χ3n) is 3.61. The van der Waals surface area contributed by atoms with Crippen LogP contribution in [0.3, 0.4) is 0 Å². The van der Waals surface area contributed by atoms with Gasteiger partial charge in [0.05, 0.1) is 11.3 Å². The lowest BCUT2D eigenvalue weighted by atomic mass is 10.0. The molecule has 112 valence electrons. The van der Waals surface area contributed by atoms with Crippen LogP contribution in [-0.4, -0.2) is 49.1 Å². The number of hydrogen-bond donors (Lipinski definition) is 1. The quantitative estimate of drug-likeness (QED) is 0.891. The number of likely N-dealkylation sites (tertiary alicyclic amines) is 1. The van der Waals surface area contributed by atoms with Gasteiger partial charge in [-0.25, -0.2) is 4.79 Å². The van der Waals surface area contributed by atoms with E-state index in [0.717, 1.165) is 36.1 Å². The molecule has 0 aliphatic carbocycles. The van der Waals surface area contributed by atoms with Gasteiger partial charge in [0.1, 0.15) is 6.07 Å². The minimum Gasteiger partial charge on any atom is -0.381 e. The molecule has 5 nitrogen and oxygen atoms in total. The first kappa shape index (κ1) is 15.6. The molecule has 2 rings (SSSR count). The van der Waals surface area contributed by atoms with Crippen LogP contribution in [0.4, 0.5) is 10.5 Å². The van der Waals surface area contributed by atoms with Crippen LogP contribution in [0.1, 0.15) is 18.4 Å². The first-order valence-corrected chi connectivity index (χ1v) is 7.73. The molecule has 1 saturated heterocycles. The molecule has 1 aromatic carbocycles. The number of nitrogens with zero attached hydrogens (tertiary/aromatic N) is 3. The monoisotopic (exact) mass is 350 g/mol. The van der Waals surface area contributed by atoms with Crippen molar-refractivity contribution in [3.63, 3.8) is 0 Å². The lowest BCUT2D eigenvalue weighted by Crippen LogP contribution is -2.46. The molecule has 6 heteroatoms. The van der Waals surface area contributed by atoms with Crippen LogP contribution in [0.15, 0.2) is 22.7 Å². The normalized spacial score (nSPS) is 15.4. The topological polar surface area (TPSA) is 59.4 Å². The highest BCUT2D eigenvalue weighted by Crippen LogP contribution is 2.23. The van der Waals surface area contributed by atoms with Crippen LogP contribution >= 0.6 is 15.9 Å². The molecule has 0 bridgehead atoms. The summed E-state index contributed by atoms with van der Waals surface area (Å²) in [5.41, 5.74) is 1.49. The number of nitrogens with one attached hydrogen (secondary N) is 1. The average Bonchev–Trinajstić information content (AvgIpc) is 2.49. The highest BCUT2D eigenvalue weighted by atomic mass is 79.9. The van der Waals surface area contributed by atoms with Gasteiger partial charge in [-0.2, -0.15) is 5.26 Å². The first-order chi connectivity index (χ1) is 10.0. The van der Waals surface area contributed by atoms with Gasteiger partial charge in [0, 0.05) is 37.7 Å². The van der Waals surface area contributed by atoms with Crippen molar-refractivity contribution in [2.45, 2.75) is 18.9 Å². The smallest absolute Gasteiger partial charge is 0.319 e. The Morgan fingerprint density at radius 2 is 2.10 bits per heavy atom. The minimum absolute atomic E-state index is 0.0646. The summed E-state index contributed by atoms with van der Waals surface area (Å²) in [5.74, 6) is 0. The van der Waals surface area contributed by atoms with Crippen molar-refractivity contribution in [3.8, 4) is 6.07 Å².